The Balaban J connectivity index is 1.76. The SMILES string of the molecule is CCCCCCCCCCCCCCc1ccc2ccc(S(=O)(=O)O)c(CCCCCCCCCCCCCC)c2c1. The van der Waals surface area contributed by atoms with Gasteiger partial charge in [-0.05, 0) is 53.6 Å². The van der Waals surface area contributed by atoms with Crippen LogP contribution in [0.4, 0.5) is 0 Å². The lowest BCUT2D eigenvalue weighted by atomic mass is 9.95. The predicted octanol–water partition coefficient (Wildman–Crippen LogP) is 12.6. The van der Waals surface area contributed by atoms with Crippen molar-refractivity contribution >= 4 is 20.9 Å². The number of benzene rings is 2. The highest BCUT2D eigenvalue weighted by Crippen LogP contribution is 2.29. The Morgan fingerprint density at radius 3 is 1.31 bits per heavy atom. The Bertz CT molecular complexity index is 1060. The minimum atomic E-state index is -4.24. The molecule has 0 amide bonds. The molecular weight excluding hydrogens is 536 g/mol. The minimum absolute atomic E-state index is 0.0978. The Hall–Kier alpha value is -1.39. The van der Waals surface area contributed by atoms with E-state index in [0.717, 1.165) is 35.6 Å². The normalized spacial score (nSPS) is 12.0. The molecule has 0 spiro atoms. The van der Waals surface area contributed by atoms with Crippen molar-refractivity contribution < 1.29 is 13.0 Å². The van der Waals surface area contributed by atoms with Crippen LogP contribution >= 0.6 is 0 Å². The van der Waals surface area contributed by atoms with Gasteiger partial charge in [-0.25, -0.2) is 0 Å². The molecule has 1 N–H and O–H groups in total. The van der Waals surface area contributed by atoms with E-state index in [1.807, 2.05) is 6.07 Å². The number of hydrogen-bond acceptors (Lipinski definition) is 2. The maximum absolute atomic E-state index is 12.3. The van der Waals surface area contributed by atoms with Crippen molar-refractivity contribution in [2.75, 3.05) is 0 Å². The number of rotatable bonds is 27. The molecule has 2 aromatic rings. The summed E-state index contributed by atoms with van der Waals surface area (Å²) in [6.45, 7) is 4.54. The average Bonchev–Trinajstić information content (AvgIpc) is 2.97. The van der Waals surface area contributed by atoms with Crippen molar-refractivity contribution in [3.8, 4) is 0 Å². The third-order valence-corrected chi connectivity index (χ3v) is 9.97. The molecule has 240 valence electrons. The minimum Gasteiger partial charge on any atom is -0.282 e. The first-order valence-corrected chi connectivity index (χ1v) is 19.4. The van der Waals surface area contributed by atoms with Crippen LogP contribution in [0.25, 0.3) is 10.8 Å². The Labute approximate surface area is 260 Å². The van der Waals surface area contributed by atoms with Gasteiger partial charge in [0.25, 0.3) is 10.1 Å². The average molecular weight is 601 g/mol. The van der Waals surface area contributed by atoms with Gasteiger partial charge in [-0.15, -0.1) is 0 Å². The second kappa shape index (κ2) is 23.1. The summed E-state index contributed by atoms with van der Waals surface area (Å²) in [5.41, 5.74) is 2.08. The zero-order valence-electron chi connectivity index (χ0n) is 27.4. The summed E-state index contributed by atoms with van der Waals surface area (Å²) in [6.07, 6.45) is 33.3. The zero-order chi connectivity index (χ0) is 30.3. The van der Waals surface area contributed by atoms with E-state index < -0.39 is 10.1 Å². The lowest BCUT2D eigenvalue weighted by molar-refractivity contribution is 0.482. The standard InChI is InChI=1S/C38H64O3S/c1-3-5-7-9-11-13-15-17-19-21-23-25-27-34-29-30-35-31-32-38(42(39,40)41)36(37(35)33-34)28-26-24-22-20-18-16-14-12-10-8-6-4-2/h29-33H,3-28H2,1-2H3,(H,39,40,41). The van der Waals surface area contributed by atoms with Crippen LogP contribution in [0.1, 0.15) is 179 Å². The molecule has 0 atom stereocenters. The van der Waals surface area contributed by atoms with E-state index in [2.05, 4.69) is 32.0 Å². The molecule has 0 aliphatic rings. The lowest BCUT2D eigenvalue weighted by Gasteiger charge is -2.13. The van der Waals surface area contributed by atoms with Crippen molar-refractivity contribution in [2.45, 2.75) is 186 Å². The van der Waals surface area contributed by atoms with Crippen molar-refractivity contribution in [2.24, 2.45) is 0 Å². The van der Waals surface area contributed by atoms with E-state index >= 15 is 0 Å². The van der Waals surface area contributed by atoms with E-state index in [-0.39, 0.29) is 4.90 Å². The number of fused-ring (bicyclic) bond motifs is 1. The summed E-state index contributed by atoms with van der Waals surface area (Å²) in [5, 5.41) is 2.07. The second-order valence-corrected chi connectivity index (χ2v) is 14.2. The topological polar surface area (TPSA) is 54.4 Å². The van der Waals surface area contributed by atoms with E-state index in [1.54, 1.807) is 6.07 Å². The molecule has 4 heteroatoms. The quantitative estimate of drug-likeness (QED) is 0.0819. The molecule has 0 heterocycles. The van der Waals surface area contributed by atoms with Crippen molar-refractivity contribution in [3.63, 3.8) is 0 Å². The first-order chi connectivity index (χ1) is 20.5. The molecule has 2 rings (SSSR count). The summed E-state index contributed by atoms with van der Waals surface area (Å²) < 4.78 is 34.5. The van der Waals surface area contributed by atoms with Crippen molar-refractivity contribution in [1.82, 2.24) is 0 Å². The molecule has 3 nitrogen and oxygen atoms in total. The van der Waals surface area contributed by atoms with E-state index in [1.165, 1.54) is 147 Å². The molecular formula is C38H64O3S. The van der Waals surface area contributed by atoms with Crippen LogP contribution in [0.5, 0.6) is 0 Å². The van der Waals surface area contributed by atoms with Gasteiger partial charge in [0.05, 0.1) is 4.90 Å². The molecule has 0 aliphatic heterocycles. The number of unbranched alkanes of at least 4 members (excludes halogenated alkanes) is 22. The highest BCUT2D eigenvalue weighted by Gasteiger charge is 2.18. The molecule has 0 unspecified atom stereocenters. The van der Waals surface area contributed by atoms with Gasteiger partial charge in [0.1, 0.15) is 0 Å². The predicted molar refractivity (Wildman–Crippen MR) is 183 cm³/mol. The summed E-state index contributed by atoms with van der Waals surface area (Å²) in [7, 11) is -4.24. The van der Waals surface area contributed by atoms with E-state index in [0.29, 0.717) is 6.42 Å². The van der Waals surface area contributed by atoms with Gasteiger partial charge in [-0.1, -0.05) is 179 Å². The monoisotopic (exact) mass is 600 g/mol. The first-order valence-electron chi connectivity index (χ1n) is 18.0. The van der Waals surface area contributed by atoms with Crippen LogP contribution in [-0.2, 0) is 23.0 Å². The van der Waals surface area contributed by atoms with Gasteiger partial charge in [-0.3, -0.25) is 4.55 Å². The summed E-state index contributed by atoms with van der Waals surface area (Å²) in [5.74, 6) is 0. The molecule has 0 aliphatic carbocycles. The van der Waals surface area contributed by atoms with Gasteiger partial charge < -0.3 is 0 Å². The Kier molecular flexibility index (Phi) is 20.2. The largest absolute Gasteiger partial charge is 0.294 e. The van der Waals surface area contributed by atoms with Gasteiger partial charge >= 0.3 is 0 Å². The summed E-state index contributed by atoms with van der Waals surface area (Å²) in [6, 6.07) is 9.96. The number of aryl methyl sites for hydroxylation is 2. The maximum Gasteiger partial charge on any atom is 0.294 e. The van der Waals surface area contributed by atoms with Crippen LogP contribution in [0.3, 0.4) is 0 Å². The second-order valence-electron chi connectivity index (χ2n) is 12.9. The third-order valence-electron chi connectivity index (χ3n) is 9.03. The first kappa shape index (κ1) is 36.8. The van der Waals surface area contributed by atoms with Gasteiger partial charge in [0, 0.05) is 0 Å². The molecule has 42 heavy (non-hydrogen) atoms. The van der Waals surface area contributed by atoms with Crippen LogP contribution < -0.4 is 0 Å². The maximum atomic E-state index is 12.3. The molecule has 0 aromatic heterocycles. The Morgan fingerprint density at radius 2 is 0.881 bits per heavy atom. The smallest absolute Gasteiger partial charge is 0.282 e. The molecule has 0 saturated carbocycles. The highest BCUT2D eigenvalue weighted by atomic mass is 32.2. The molecule has 0 fully saturated rings. The van der Waals surface area contributed by atoms with Gasteiger partial charge in [-0.2, -0.15) is 8.42 Å². The summed E-state index contributed by atoms with van der Waals surface area (Å²) in [4.78, 5) is 0.0978. The Morgan fingerprint density at radius 1 is 0.500 bits per heavy atom. The summed E-state index contributed by atoms with van der Waals surface area (Å²) >= 11 is 0. The third kappa shape index (κ3) is 15.9. The fourth-order valence-corrected chi connectivity index (χ4v) is 7.14. The lowest BCUT2D eigenvalue weighted by Crippen LogP contribution is -2.04. The van der Waals surface area contributed by atoms with Crippen molar-refractivity contribution in [1.29, 1.82) is 0 Å². The fourth-order valence-electron chi connectivity index (χ4n) is 6.38. The van der Waals surface area contributed by atoms with E-state index in [4.69, 9.17) is 0 Å². The number of hydrogen-bond donors (Lipinski definition) is 1. The molecule has 2 aromatic carbocycles. The van der Waals surface area contributed by atoms with Crippen molar-refractivity contribution in [3.05, 3.63) is 41.5 Å². The van der Waals surface area contributed by atoms with Crippen LogP contribution in [0.15, 0.2) is 35.2 Å². The van der Waals surface area contributed by atoms with Gasteiger partial charge in [0.15, 0.2) is 0 Å². The fraction of sp³-hybridized carbons (Fsp3) is 0.737. The van der Waals surface area contributed by atoms with E-state index in [9.17, 15) is 13.0 Å². The molecule has 0 saturated heterocycles. The molecule has 0 radical (unpaired) electrons. The van der Waals surface area contributed by atoms with Crippen LogP contribution in [-0.4, -0.2) is 13.0 Å². The van der Waals surface area contributed by atoms with Gasteiger partial charge in [0.2, 0.25) is 0 Å². The molecule has 0 bridgehead atoms. The highest BCUT2D eigenvalue weighted by molar-refractivity contribution is 7.85. The zero-order valence-corrected chi connectivity index (χ0v) is 28.3. The van der Waals surface area contributed by atoms with Crippen LogP contribution in [0, 0.1) is 0 Å². The van der Waals surface area contributed by atoms with Crippen LogP contribution in [0.2, 0.25) is 0 Å².